The summed E-state index contributed by atoms with van der Waals surface area (Å²) in [5.74, 6) is 0.289. The van der Waals surface area contributed by atoms with Crippen molar-refractivity contribution in [2.24, 2.45) is 0 Å². The van der Waals surface area contributed by atoms with E-state index in [1.165, 1.54) is 12.8 Å². The number of pyridine rings is 1. The Morgan fingerprint density at radius 3 is 2.59 bits per heavy atom. The van der Waals surface area contributed by atoms with Crippen LogP contribution in [-0.2, 0) is 11.2 Å². The Bertz CT molecular complexity index is 342. The van der Waals surface area contributed by atoms with Crippen LogP contribution in [-0.4, -0.2) is 28.9 Å². The first kappa shape index (κ1) is 12.1. The summed E-state index contributed by atoms with van der Waals surface area (Å²) >= 11 is 0. The highest BCUT2D eigenvalue weighted by Gasteiger charge is 2.14. The molecule has 0 atom stereocenters. The van der Waals surface area contributed by atoms with E-state index in [0.29, 0.717) is 6.42 Å². The molecule has 0 aliphatic carbocycles. The third-order valence-electron chi connectivity index (χ3n) is 3.28. The van der Waals surface area contributed by atoms with Crippen LogP contribution in [0.4, 0.5) is 0 Å². The van der Waals surface area contributed by atoms with Gasteiger partial charge in [0, 0.05) is 31.4 Å². The highest BCUT2D eigenvalue weighted by atomic mass is 16.2. The molecular formula is C14H20N2O. The lowest BCUT2D eigenvalue weighted by Crippen LogP contribution is -2.31. The topological polar surface area (TPSA) is 33.2 Å². The van der Waals surface area contributed by atoms with E-state index in [-0.39, 0.29) is 5.91 Å². The molecule has 1 aliphatic heterocycles. The van der Waals surface area contributed by atoms with E-state index >= 15 is 0 Å². The predicted octanol–water partition coefficient (Wildman–Crippen LogP) is 2.42. The number of likely N-dealkylation sites (tertiary alicyclic amines) is 1. The maximum Gasteiger partial charge on any atom is 0.222 e. The highest BCUT2D eigenvalue weighted by molar-refractivity contribution is 5.76. The first-order valence-corrected chi connectivity index (χ1v) is 6.54. The molecule has 3 nitrogen and oxygen atoms in total. The van der Waals surface area contributed by atoms with Crippen molar-refractivity contribution in [3.05, 3.63) is 30.1 Å². The molecule has 1 saturated heterocycles. The molecule has 1 amide bonds. The molecule has 92 valence electrons. The molecule has 1 aromatic heterocycles. The van der Waals surface area contributed by atoms with Gasteiger partial charge in [0.25, 0.3) is 0 Å². The molecule has 1 fully saturated rings. The van der Waals surface area contributed by atoms with Gasteiger partial charge in [-0.15, -0.1) is 0 Å². The molecule has 0 bridgehead atoms. The fourth-order valence-corrected chi connectivity index (χ4v) is 2.26. The van der Waals surface area contributed by atoms with Crippen LogP contribution in [0.15, 0.2) is 24.4 Å². The number of amides is 1. The van der Waals surface area contributed by atoms with Gasteiger partial charge in [0.2, 0.25) is 5.91 Å². The number of carbonyl (C=O) groups excluding carboxylic acids is 1. The van der Waals surface area contributed by atoms with E-state index in [1.54, 1.807) is 6.20 Å². The summed E-state index contributed by atoms with van der Waals surface area (Å²) in [7, 11) is 0. The predicted molar refractivity (Wildman–Crippen MR) is 67.6 cm³/mol. The summed E-state index contributed by atoms with van der Waals surface area (Å²) in [6.07, 6.45) is 8.00. The minimum Gasteiger partial charge on any atom is -0.343 e. The monoisotopic (exact) mass is 232 g/mol. The van der Waals surface area contributed by atoms with E-state index in [2.05, 4.69) is 4.98 Å². The largest absolute Gasteiger partial charge is 0.343 e. The van der Waals surface area contributed by atoms with Gasteiger partial charge in [0.1, 0.15) is 0 Å². The van der Waals surface area contributed by atoms with Crippen molar-refractivity contribution in [3.8, 4) is 0 Å². The van der Waals surface area contributed by atoms with Gasteiger partial charge in [0.05, 0.1) is 0 Å². The third-order valence-corrected chi connectivity index (χ3v) is 3.28. The summed E-state index contributed by atoms with van der Waals surface area (Å²) in [4.78, 5) is 18.3. The molecule has 1 aliphatic rings. The molecule has 0 aromatic carbocycles. The Hall–Kier alpha value is -1.38. The lowest BCUT2D eigenvalue weighted by Gasteiger charge is -2.20. The van der Waals surface area contributed by atoms with E-state index in [0.717, 1.165) is 38.0 Å². The Morgan fingerprint density at radius 2 is 1.94 bits per heavy atom. The molecule has 2 rings (SSSR count). The van der Waals surface area contributed by atoms with E-state index < -0.39 is 0 Å². The average Bonchev–Trinajstić information content (AvgIpc) is 2.66. The Balaban J connectivity index is 1.80. The van der Waals surface area contributed by atoms with E-state index in [1.807, 2.05) is 23.1 Å². The summed E-state index contributed by atoms with van der Waals surface area (Å²) in [5.41, 5.74) is 1.01. The second kappa shape index (κ2) is 6.38. The van der Waals surface area contributed by atoms with Gasteiger partial charge in [-0.1, -0.05) is 18.9 Å². The van der Waals surface area contributed by atoms with Crippen molar-refractivity contribution < 1.29 is 4.79 Å². The minimum absolute atomic E-state index is 0.289. The van der Waals surface area contributed by atoms with Gasteiger partial charge in [-0.2, -0.15) is 0 Å². The molecule has 0 saturated carbocycles. The molecule has 0 unspecified atom stereocenters. The fourth-order valence-electron chi connectivity index (χ4n) is 2.26. The number of aryl methyl sites for hydroxylation is 1. The number of hydrogen-bond acceptors (Lipinski definition) is 2. The Morgan fingerprint density at radius 1 is 1.18 bits per heavy atom. The van der Waals surface area contributed by atoms with Crippen LogP contribution in [0.2, 0.25) is 0 Å². The van der Waals surface area contributed by atoms with Crippen LogP contribution < -0.4 is 0 Å². The van der Waals surface area contributed by atoms with Gasteiger partial charge in [0.15, 0.2) is 0 Å². The maximum atomic E-state index is 12.0. The van der Waals surface area contributed by atoms with Gasteiger partial charge < -0.3 is 4.90 Å². The van der Waals surface area contributed by atoms with Gasteiger partial charge in [-0.25, -0.2) is 0 Å². The lowest BCUT2D eigenvalue weighted by molar-refractivity contribution is -0.131. The Labute approximate surface area is 103 Å². The SMILES string of the molecule is O=C(CCc1ccccn1)N1CCCCCC1. The second-order valence-electron chi connectivity index (χ2n) is 4.62. The van der Waals surface area contributed by atoms with Gasteiger partial charge >= 0.3 is 0 Å². The number of nitrogens with zero attached hydrogens (tertiary/aromatic N) is 2. The van der Waals surface area contributed by atoms with Crippen molar-refractivity contribution in [1.82, 2.24) is 9.88 Å². The number of rotatable bonds is 3. The molecule has 1 aromatic rings. The van der Waals surface area contributed by atoms with Crippen LogP contribution in [0.25, 0.3) is 0 Å². The molecule has 2 heterocycles. The normalized spacial score (nSPS) is 16.6. The second-order valence-corrected chi connectivity index (χ2v) is 4.62. The quantitative estimate of drug-likeness (QED) is 0.802. The molecule has 0 radical (unpaired) electrons. The molecule has 0 N–H and O–H groups in total. The molecular weight excluding hydrogens is 212 g/mol. The number of carbonyl (C=O) groups is 1. The first-order chi connectivity index (χ1) is 8.36. The van der Waals surface area contributed by atoms with E-state index in [9.17, 15) is 4.79 Å². The number of hydrogen-bond donors (Lipinski definition) is 0. The lowest BCUT2D eigenvalue weighted by atomic mass is 10.2. The summed E-state index contributed by atoms with van der Waals surface area (Å²) in [6, 6.07) is 5.86. The van der Waals surface area contributed by atoms with Crippen molar-refractivity contribution in [2.45, 2.75) is 38.5 Å². The number of aromatic nitrogens is 1. The molecule has 0 spiro atoms. The van der Waals surface area contributed by atoms with Crippen molar-refractivity contribution >= 4 is 5.91 Å². The van der Waals surface area contributed by atoms with E-state index in [4.69, 9.17) is 0 Å². The third kappa shape index (κ3) is 3.84. The summed E-state index contributed by atoms with van der Waals surface area (Å²) < 4.78 is 0. The summed E-state index contributed by atoms with van der Waals surface area (Å²) in [5, 5.41) is 0. The minimum atomic E-state index is 0.289. The van der Waals surface area contributed by atoms with Crippen LogP contribution in [0.1, 0.15) is 37.8 Å². The van der Waals surface area contributed by atoms with Crippen LogP contribution >= 0.6 is 0 Å². The molecule has 17 heavy (non-hydrogen) atoms. The smallest absolute Gasteiger partial charge is 0.222 e. The Kier molecular flexibility index (Phi) is 4.54. The summed E-state index contributed by atoms with van der Waals surface area (Å²) in [6.45, 7) is 1.89. The van der Waals surface area contributed by atoms with Crippen molar-refractivity contribution in [3.63, 3.8) is 0 Å². The fraction of sp³-hybridized carbons (Fsp3) is 0.571. The zero-order valence-corrected chi connectivity index (χ0v) is 10.3. The maximum absolute atomic E-state index is 12.0. The standard InChI is InChI=1S/C14H20N2O/c17-14(16-11-5-1-2-6-12-16)9-8-13-7-3-4-10-15-13/h3-4,7,10H,1-2,5-6,8-9,11-12H2. The van der Waals surface area contributed by atoms with Crippen molar-refractivity contribution in [1.29, 1.82) is 0 Å². The van der Waals surface area contributed by atoms with Crippen molar-refractivity contribution in [2.75, 3.05) is 13.1 Å². The van der Waals surface area contributed by atoms with Gasteiger partial charge in [-0.3, -0.25) is 9.78 Å². The zero-order chi connectivity index (χ0) is 11.9. The van der Waals surface area contributed by atoms with Gasteiger partial charge in [-0.05, 0) is 31.4 Å². The van der Waals surface area contributed by atoms with Crippen LogP contribution in [0.5, 0.6) is 0 Å². The highest BCUT2D eigenvalue weighted by Crippen LogP contribution is 2.11. The zero-order valence-electron chi connectivity index (χ0n) is 10.3. The average molecular weight is 232 g/mol. The van der Waals surface area contributed by atoms with Crippen LogP contribution in [0.3, 0.4) is 0 Å². The van der Waals surface area contributed by atoms with Crippen LogP contribution in [0, 0.1) is 0 Å². The first-order valence-electron chi connectivity index (χ1n) is 6.54. The molecule has 3 heteroatoms.